The monoisotopic (exact) mass is 188 g/mol. The SMILES string of the molecule is CSC(C)CN1CCCC(N)C1. The summed E-state index contributed by atoms with van der Waals surface area (Å²) >= 11 is 1.94. The van der Waals surface area contributed by atoms with Crippen molar-refractivity contribution >= 4 is 11.8 Å². The van der Waals surface area contributed by atoms with Crippen LogP contribution in [0.5, 0.6) is 0 Å². The quantitative estimate of drug-likeness (QED) is 0.721. The number of nitrogens with zero attached hydrogens (tertiary/aromatic N) is 1. The van der Waals surface area contributed by atoms with Gasteiger partial charge in [-0.2, -0.15) is 11.8 Å². The van der Waals surface area contributed by atoms with E-state index in [2.05, 4.69) is 18.1 Å². The Hall–Kier alpha value is 0.270. The summed E-state index contributed by atoms with van der Waals surface area (Å²) < 4.78 is 0. The lowest BCUT2D eigenvalue weighted by Gasteiger charge is -2.32. The molecule has 0 saturated carbocycles. The van der Waals surface area contributed by atoms with Gasteiger partial charge >= 0.3 is 0 Å². The van der Waals surface area contributed by atoms with Gasteiger partial charge in [0, 0.05) is 24.4 Å². The highest BCUT2D eigenvalue weighted by atomic mass is 32.2. The Labute approximate surface area is 79.9 Å². The number of hydrogen-bond acceptors (Lipinski definition) is 3. The Bertz CT molecular complexity index is 130. The van der Waals surface area contributed by atoms with Crippen LogP contribution in [0.15, 0.2) is 0 Å². The lowest BCUT2D eigenvalue weighted by atomic mass is 10.1. The fourth-order valence-corrected chi connectivity index (χ4v) is 2.06. The first kappa shape index (κ1) is 10.4. The van der Waals surface area contributed by atoms with Crippen molar-refractivity contribution < 1.29 is 0 Å². The number of rotatable bonds is 3. The minimum Gasteiger partial charge on any atom is -0.327 e. The third kappa shape index (κ3) is 3.33. The molecule has 0 amide bonds. The summed E-state index contributed by atoms with van der Waals surface area (Å²) in [7, 11) is 0. The van der Waals surface area contributed by atoms with E-state index in [9.17, 15) is 0 Å². The molecule has 0 bridgehead atoms. The highest BCUT2D eigenvalue weighted by Crippen LogP contribution is 2.12. The summed E-state index contributed by atoms with van der Waals surface area (Å²) in [6.45, 7) is 5.84. The van der Waals surface area contributed by atoms with Crippen molar-refractivity contribution in [1.29, 1.82) is 0 Å². The lowest BCUT2D eigenvalue weighted by Crippen LogP contribution is -2.44. The molecule has 1 rings (SSSR count). The van der Waals surface area contributed by atoms with Gasteiger partial charge in [0.05, 0.1) is 0 Å². The third-order valence-electron chi connectivity index (χ3n) is 2.46. The highest BCUT2D eigenvalue weighted by Gasteiger charge is 2.17. The van der Waals surface area contributed by atoms with Crippen LogP contribution < -0.4 is 5.73 Å². The second-order valence-electron chi connectivity index (χ2n) is 3.71. The van der Waals surface area contributed by atoms with Gasteiger partial charge in [-0.1, -0.05) is 6.92 Å². The van der Waals surface area contributed by atoms with E-state index in [1.807, 2.05) is 11.8 Å². The van der Waals surface area contributed by atoms with Gasteiger partial charge in [0.2, 0.25) is 0 Å². The van der Waals surface area contributed by atoms with Crippen LogP contribution >= 0.6 is 11.8 Å². The molecule has 0 radical (unpaired) electrons. The van der Waals surface area contributed by atoms with Crippen molar-refractivity contribution in [2.24, 2.45) is 5.73 Å². The molecule has 12 heavy (non-hydrogen) atoms. The van der Waals surface area contributed by atoms with Crippen molar-refractivity contribution in [1.82, 2.24) is 4.90 Å². The minimum atomic E-state index is 0.424. The number of piperidine rings is 1. The standard InChI is InChI=1S/C9H20N2S/c1-8(12-2)6-11-5-3-4-9(10)7-11/h8-9H,3-7,10H2,1-2H3. The Morgan fingerprint density at radius 1 is 1.67 bits per heavy atom. The van der Waals surface area contributed by atoms with Crippen molar-refractivity contribution in [2.75, 3.05) is 25.9 Å². The molecule has 0 aromatic heterocycles. The molecular formula is C9H20N2S. The Morgan fingerprint density at radius 3 is 3.00 bits per heavy atom. The van der Waals surface area contributed by atoms with Gasteiger partial charge < -0.3 is 10.6 Å². The third-order valence-corrected chi connectivity index (χ3v) is 3.41. The lowest BCUT2D eigenvalue weighted by molar-refractivity contribution is 0.212. The summed E-state index contributed by atoms with van der Waals surface area (Å²) in [6.07, 6.45) is 4.67. The zero-order chi connectivity index (χ0) is 8.97. The first-order chi connectivity index (χ1) is 5.72. The first-order valence-electron chi connectivity index (χ1n) is 4.73. The predicted octanol–water partition coefficient (Wildman–Crippen LogP) is 1.16. The largest absolute Gasteiger partial charge is 0.327 e. The maximum atomic E-state index is 5.89. The summed E-state index contributed by atoms with van der Waals surface area (Å²) in [4.78, 5) is 2.50. The molecule has 1 saturated heterocycles. The Kier molecular flexibility index (Phi) is 4.40. The van der Waals surface area contributed by atoms with E-state index < -0.39 is 0 Å². The van der Waals surface area contributed by atoms with Crippen LogP contribution in [-0.4, -0.2) is 42.1 Å². The van der Waals surface area contributed by atoms with Crippen LogP contribution in [0, 0.1) is 0 Å². The van der Waals surface area contributed by atoms with Crippen LogP contribution in [-0.2, 0) is 0 Å². The molecule has 1 aliphatic heterocycles. The Balaban J connectivity index is 2.22. The van der Waals surface area contributed by atoms with E-state index in [1.165, 1.54) is 25.9 Å². The molecule has 72 valence electrons. The topological polar surface area (TPSA) is 29.3 Å². The Morgan fingerprint density at radius 2 is 2.42 bits per heavy atom. The summed E-state index contributed by atoms with van der Waals surface area (Å²) in [6, 6.07) is 0.424. The van der Waals surface area contributed by atoms with E-state index in [4.69, 9.17) is 5.73 Å². The molecule has 2 atom stereocenters. The van der Waals surface area contributed by atoms with Crippen molar-refractivity contribution in [3.8, 4) is 0 Å². The predicted molar refractivity (Wildman–Crippen MR) is 56.6 cm³/mol. The molecule has 0 aliphatic carbocycles. The van der Waals surface area contributed by atoms with Crippen LogP contribution in [0.2, 0.25) is 0 Å². The molecule has 0 aromatic rings. The van der Waals surface area contributed by atoms with E-state index >= 15 is 0 Å². The zero-order valence-corrected chi connectivity index (χ0v) is 8.94. The summed E-state index contributed by atoms with van der Waals surface area (Å²) in [5, 5.41) is 0.746. The molecule has 1 aliphatic rings. The minimum absolute atomic E-state index is 0.424. The number of thioether (sulfide) groups is 1. The summed E-state index contributed by atoms with van der Waals surface area (Å²) in [5.41, 5.74) is 5.89. The van der Waals surface area contributed by atoms with Crippen LogP contribution in [0.3, 0.4) is 0 Å². The van der Waals surface area contributed by atoms with E-state index in [-0.39, 0.29) is 0 Å². The molecule has 0 aromatic carbocycles. The molecule has 2 unspecified atom stereocenters. The fraction of sp³-hybridized carbons (Fsp3) is 1.00. The number of hydrogen-bond donors (Lipinski definition) is 1. The second kappa shape index (κ2) is 5.10. The van der Waals surface area contributed by atoms with Gasteiger partial charge in [0.25, 0.3) is 0 Å². The second-order valence-corrected chi connectivity index (χ2v) is 4.98. The average Bonchev–Trinajstić information content (AvgIpc) is 2.04. The van der Waals surface area contributed by atoms with E-state index in [0.29, 0.717) is 6.04 Å². The zero-order valence-electron chi connectivity index (χ0n) is 8.12. The van der Waals surface area contributed by atoms with Gasteiger partial charge in [-0.25, -0.2) is 0 Å². The van der Waals surface area contributed by atoms with Crippen molar-refractivity contribution in [3.63, 3.8) is 0 Å². The molecule has 0 spiro atoms. The van der Waals surface area contributed by atoms with Gasteiger partial charge in [-0.15, -0.1) is 0 Å². The molecule has 1 fully saturated rings. The van der Waals surface area contributed by atoms with Gasteiger partial charge in [-0.3, -0.25) is 0 Å². The van der Waals surface area contributed by atoms with Crippen LogP contribution in [0.1, 0.15) is 19.8 Å². The molecular weight excluding hydrogens is 168 g/mol. The number of likely N-dealkylation sites (tertiary alicyclic amines) is 1. The van der Waals surface area contributed by atoms with E-state index in [1.54, 1.807) is 0 Å². The first-order valence-corrected chi connectivity index (χ1v) is 6.02. The van der Waals surface area contributed by atoms with Gasteiger partial charge in [0.15, 0.2) is 0 Å². The van der Waals surface area contributed by atoms with Crippen LogP contribution in [0.4, 0.5) is 0 Å². The fourth-order valence-electron chi connectivity index (χ4n) is 1.70. The molecule has 3 heteroatoms. The normalized spacial score (nSPS) is 28.8. The molecule has 2 N–H and O–H groups in total. The summed E-state index contributed by atoms with van der Waals surface area (Å²) in [5.74, 6) is 0. The van der Waals surface area contributed by atoms with Gasteiger partial charge in [-0.05, 0) is 25.6 Å². The molecule has 2 nitrogen and oxygen atoms in total. The average molecular weight is 188 g/mol. The molecule has 1 heterocycles. The van der Waals surface area contributed by atoms with Crippen molar-refractivity contribution in [3.05, 3.63) is 0 Å². The van der Waals surface area contributed by atoms with Crippen LogP contribution in [0.25, 0.3) is 0 Å². The van der Waals surface area contributed by atoms with E-state index in [0.717, 1.165) is 11.8 Å². The maximum Gasteiger partial charge on any atom is 0.0168 e. The maximum absolute atomic E-state index is 5.89. The number of nitrogens with two attached hydrogens (primary N) is 1. The van der Waals surface area contributed by atoms with Crippen molar-refractivity contribution in [2.45, 2.75) is 31.1 Å². The van der Waals surface area contributed by atoms with Gasteiger partial charge in [0.1, 0.15) is 0 Å². The smallest absolute Gasteiger partial charge is 0.0168 e. The highest BCUT2D eigenvalue weighted by molar-refractivity contribution is 7.99.